The van der Waals surface area contributed by atoms with Crippen molar-refractivity contribution in [2.45, 2.75) is 5.03 Å². The SMILES string of the molecule is NC(=S)c1ccccc1NS(=O)(=O)c1ncccc1F. The summed E-state index contributed by atoms with van der Waals surface area (Å²) in [7, 11) is -4.15. The summed E-state index contributed by atoms with van der Waals surface area (Å²) < 4.78 is 39.9. The second-order valence-electron chi connectivity index (χ2n) is 3.81. The lowest BCUT2D eigenvalue weighted by Crippen LogP contribution is -2.19. The van der Waals surface area contributed by atoms with Gasteiger partial charge in [0.05, 0.1) is 5.69 Å². The molecule has 0 saturated carbocycles. The number of nitrogens with zero attached hydrogens (tertiary/aromatic N) is 1. The van der Waals surface area contributed by atoms with Crippen LogP contribution in [0.25, 0.3) is 0 Å². The van der Waals surface area contributed by atoms with Gasteiger partial charge in [-0.05, 0) is 24.3 Å². The Morgan fingerprint density at radius 2 is 1.95 bits per heavy atom. The topological polar surface area (TPSA) is 85.1 Å². The number of benzene rings is 1. The van der Waals surface area contributed by atoms with Crippen LogP contribution in [-0.4, -0.2) is 18.4 Å². The maximum Gasteiger partial charge on any atom is 0.282 e. The summed E-state index contributed by atoms with van der Waals surface area (Å²) in [6.45, 7) is 0. The third-order valence-corrected chi connectivity index (χ3v) is 3.93. The van der Waals surface area contributed by atoms with Crippen molar-refractivity contribution in [1.29, 1.82) is 0 Å². The number of anilines is 1. The Labute approximate surface area is 120 Å². The minimum Gasteiger partial charge on any atom is -0.389 e. The number of halogens is 1. The maximum atomic E-state index is 13.5. The summed E-state index contributed by atoms with van der Waals surface area (Å²) in [6, 6.07) is 8.63. The van der Waals surface area contributed by atoms with Gasteiger partial charge in [0.25, 0.3) is 10.0 Å². The van der Waals surface area contributed by atoms with E-state index in [4.69, 9.17) is 18.0 Å². The van der Waals surface area contributed by atoms with Crippen LogP contribution < -0.4 is 10.5 Å². The third kappa shape index (κ3) is 2.91. The van der Waals surface area contributed by atoms with Gasteiger partial charge in [-0.15, -0.1) is 0 Å². The summed E-state index contributed by atoms with van der Waals surface area (Å²) >= 11 is 4.83. The molecule has 0 aliphatic carbocycles. The highest BCUT2D eigenvalue weighted by Crippen LogP contribution is 2.20. The molecule has 8 heteroatoms. The van der Waals surface area contributed by atoms with Gasteiger partial charge < -0.3 is 5.73 Å². The van der Waals surface area contributed by atoms with Crippen molar-refractivity contribution < 1.29 is 12.8 Å². The van der Waals surface area contributed by atoms with Gasteiger partial charge in [-0.25, -0.2) is 9.37 Å². The molecule has 1 heterocycles. The predicted octanol–water partition coefficient (Wildman–Crippen LogP) is 1.66. The maximum absolute atomic E-state index is 13.5. The first-order valence-corrected chi connectivity index (χ1v) is 7.33. The number of aromatic nitrogens is 1. The number of sulfonamides is 1. The largest absolute Gasteiger partial charge is 0.389 e. The minimum absolute atomic E-state index is 0.0322. The van der Waals surface area contributed by atoms with E-state index < -0.39 is 20.9 Å². The molecular formula is C12H10FN3O2S2. The molecule has 3 N–H and O–H groups in total. The standard InChI is InChI=1S/C12H10FN3O2S2/c13-9-5-3-7-15-12(9)20(17,18)16-10-6-2-1-4-8(10)11(14)19/h1-7,16H,(H2,14,19). The highest BCUT2D eigenvalue weighted by atomic mass is 32.2. The van der Waals surface area contributed by atoms with E-state index in [1.807, 2.05) is 0 Å². The van der Waals surface area contributed by atoms with Gasteiger partial charge in [0, 0.05) is 11.8 Å². The van der Waals surface area contributed by atoms with Crippen LogP contribution in [0.5, 0.6) is 0 Å². The number of thiocarbonyl (C=S) groups is 1. The van der Waals surface area contributed by atoms with Gasteiger partial charge in [0.1, 0.15) is 4.99 Å². The van der Waals surface area contributed by atoms with Gasteiger partial charge in [-0.3, -0.25) is 4.72 Å². The van der Waals surface area contributed by atoms with E-state index in [2.05, 4.69) is 9.71 Å². The number of hydrogen-bond acceptors (Lipinski definition) is 4. The molecule has 0 unspecified atom stereocenters. The first-order chi connectivity index (χ1) is 9.42. The molecule has 2 aromatic rings. The Morgan fingerprint density at radius 3 is 2.60 bits per heavy atom. The fourth-order valence-corrected chi connectivity index (χ4v) is 2.82. The van der Waals surface area contributed by atoms with Crippen molar-refractivity contribution in [3.63, 3.8) is 0 Å². The minimum atomic E-state index is -4.15. The Kier molecular flexibility index (Phi) is 3.96. The second-order valence-corrected chi connectivity index (χ2v) is 5.84. The molecule has 2 rings (SSSR count). The number of hydrogen-bond donors (Lipinski definition) is 2. The average molecular weight is 311 g/mol. The molecule has 0 bridgehead atoms. The van der Waals surface area contributed by atoms with Crippen LogP contribution in [0.4, 0.5) is 10.1 Å². The van der Waals surface area contributed by atoms with E-state index in [1.54, 1.807) is 18.2 Å². The number of nitrogens with two attached hydrogens (primary N) is 1. The van der Waals surface area contributed by atoms with Crippen LogP contribution in [0.3, 0.4) is 0 Å². The molecule has 1 aromatic heterocycles. The highest BCUT2D eigenvalue weighted by Gasteiger charge is 2.21. The summed E-state index contributed by atoms with van der Waals surface area (Å²) in [4.78, 5) is 3.56. The Balaban J connectivity index is 2.45. The van der Waals surface area contributed by atoms with Crippen molar-refractivity contribution in [1.82, 2.24) is 4.98 Å². The summed E-state index contributed by atoms with van der Waals surface area (Å²) in [5, 5.41) is -0.683. The van der Waals surface area contributed by atoms with E-state index >= 15 is 0 Å². The second kappa shape index (κ2) is 5.51. The van der Waals surface area contributed by atoms with Crippen molar-refractivity contribution in [3.8, 4) is 0 Å². The van der Waals surface area contributed by atoms with E-state index in [1.165, 1.54) is 18.3 Å². The lowest BCUT2D eigenvalue weighted by molar-refractivity contribution is 0.557. The molecular weight excluding hydrogens is 301 g/mol. The van der Waals surface area contributed by atoms with E-state index in [0.29, 0.717) is 5.56 Å². The van der Waals surface area contributed by atoms with Gasteiger partial charge in [-0.1, -0.05) is 24.4 Å². The molecule has 0 aliphatic heterocycles. The Bertz CT molecular complexity index is 763. The monoisotopic (exact) mass is 311 g/mol. The number of rotatable bonds is 4. The lowest BCUT2D eigenvalue weighted by atomic mass is 10.2. The predicted molar refractivity (Wildman–Crippen MR) is 77.3 cm³/mol. The van der Waals surface area contributed by atoms with Crippen LogP contribution >= 0.6 is 12.2 Å². The van der Waals surface area contributed by atoms with E-state index in [0.717, 1.165) is 6.07 Å². The molecule has 0 fully saturated rings. The lowest BCUT2D eigenvalue weighted by Gasteiger charge is -2.11. The number of pyridine rings is 1. The fraction of sp³-hybridized carbons (Fsp3) is 0. The quantitative estimate of drug-likeness (QED) is 0.839. The van der Waals surface area contributed by atoms with Gasteiger partial charge >= 0.3 is 0 Å². The summed E-state index contributed by atoms with van der Waals surface area (Å²) in [5.74, 6) is -0.937. The van der Waals surface area contributed by atoms with Crippen molar-refractivity contribution in [3.05, 3.63) is 54.0 Å². The number of nitrogens with one attached hydrogen (secondary N) is 1. The van der Waals surface area contributed by atoms with Gasteiger partial charge in [0.15, 0.2) is 5.82 Å². The molecule has 20 heavy (non-hydrogen) atoms. The van der Waals surface area contributed by atoms with Crippen molar-refractivity contribution >= 4 is 32.9 Å². The molecule has 0 spiro atoms. The molecule has 0 aliphatic rings. The fourth-order valence-electron chi connectivity index (χ4n) is 1.55. The first kappa shape index (κ1) is 14.4. The smallest absolute Gasteiger partial charge is 0.282 e. The van der Waals surface area contributed by atoms with Crippen molar-refractivity contribution in [2.75, 3.05) is 4.72 Å². The van der Waals surface area contributed by atoms with Gasteiger partial charge in [0.2, 0.25) is 5.03 Å². The van der Waals surface area contributed by atoms with Gasteiger partial charge in [-0.2, -0.15) is 8.42 Å². The van der Waals surface area contributed by atoms with E-state index in [9.17, 15) is 12.8 Å². The zero-order chi connectivity index (χ0) is 14.8. The molecule has 0 saturated heterocycles. The normalized spacial score (nSPS) is 11.1. The molecule has 5 nitrogen and oxygen atoms in total. The van der Waals surface area contributed by atoms with Crippen LogP contribution in [0.2, 0.25) is 0 Å². The van der Waals surface area contributed by atoms with Crippen molar-refractivity contribution in [2.24, 2.45) is 5.73 Å². The number of para-hydroxylation sites is 1. The van der Waals surface area contributed by atoms with E-state index in [-0.39, 0.29) is 10.7 Å². The molecule has 0 atom stereocenters. The Hall–Kier alpha value is -2.06. The molecule has 0 radical (unpaired) electrons. The van der Waals surface area contributed by atoms with Crippen LogP contribution in [-0.2, 0) is 10.0 Å². The van der Waals surface area contributed by atoms with Crippen LogP contribution in [0.1, 0.15) is 5.56 Å². The average Bonchev–Trinajstić information content (AvgIpc) is 2.39. The zero-order valence-electron chi connectivity index (χ0n) is 10.1. The first-order valence-electron chi connectivity index (χ1n) is 5.44. The molecule has 0 amide bonds. The Morgan fingerprint density at radius 1 is 1.25 bits per heavy atom. The van der Waals surface area contributed by atoms with Crippen LogP contribution in [0, 0.1) is 5.82 Å². The summed E-state index contributed by atoms with van der Waals surface area (Å²) in [6.07, 6.45) is 1.19. The molecule has 104 valence electrons. The molecule has 1 aromatic carbocycles. The van der Waals surface area contributed by atoms with Crippen LogP contribution in [0.15, 0.2) is 47.6 Å². The summed E-state index contributed by atoms with van der Waals surface area (Å²) in [5.41, 5.74) is 6.03. The zero-order valence-corrected chi connectivity index (χ0v) is 11.7. The highest BCUT2D eigenvalue weighted by molar-refractivity contribution is 7.92. The third-order valence-electron chi connectivity index (χ3n) is 2.42.